The van der Waals surface area contributed by atoms with Gasteiger partial charge in [-0.2, -0.15) is 0 Å². The van der Waals surface area contributed by atoms with E-state index < -0.39 is 0 Å². The standard InChI is InChI=1S/C19H22N4O2S/c1-14-11-15(2)13-16(12-14)20-19(26)22-9-7-21(8-10-22)17-3-5-18(6-4-17)23(24)25/h3-6,11-13H,7-10H2,1-2H3,(H,20,26). The number of nitrogens with one attached hydrogen (secondary N) is 1. The largest absolute Gasteiger partial charge is 0.368 e. The molecule has 7 heteroatoms. The van der Waals surface area contributed by atoms with Gasteiger partial charge in [-0.25, -0.2) is 0 Å². The summed E-state index contributed by atoms with van der Waals surface area (Å²) >= 11 is 5.56. The summed E-state index contributed by atoms with van der Waals surface area (Å²) in [6, 6.07) is 13.0. The van der Waals surface area contributed by atoms with E-state index >= 15 is 0 Å². The molecule has 0 amide bonds. The number of hydrogen-bond acceptors (Lipinski definition) is 4. The molecule has 2 aromatic carbocycles. The Kier molecular flexibility index (Phi) is 5.37. The fourth-order valence-electron chi connectivity index (χ4n) is 3.20. The van der Waals surface area contributed by atoms with E-state index in [-0.39, 0.29) is 10.6 Å². The molecule has 0 aliphatic carbocycles. The SMILES string of the molecule is Cc1cc(C)cc(NC(=S)N2CCN(c3ccc([N+](=O)[O-])cc3)CC2)c1. The second-order valence-corrected chi connectivity index (χ2v) is 6.94. The van der Waals surface area contributed by atoms with E-state index in [9.17, 15) is 10.1 Å². The Morgan fingerprint density at radius 1 is 1.04 bits per heavy atom. The highest BCUT2D eigenvalue weighted by Crippen LogP contribution is 2.21. The molecule has 0 atom stereocenters. The first kappa shape index (κ1) is 18.1. The maximum Gasteiger partial charge on any atom is 0.269 e. The van der Waals surface area contributed by atoms with E-state index in [1.54, 1.807) is 24.3 Å². The summed E-state index contributed by atoms with van der Waals surface area (Å²) in [5.74, 6) is 0. The normalized spacial score (nSPS) is 14.2. The third-order valence-electron chi connectivity index (χ3n) is 4.47. The van der Waals surface area contributed by atoms with Crippen LogP contribution in [0.2, 0.25) is 0 Å². The van der Waals surface area contributed by atoms with E-state index in [2.05, 4.69) is 47.2 Å². The predicted molar refractivity (Wildman–Crippen MR) is 109 cm³/mol. The molecule has 1 aliphatic rings. The van der Waals surface area contributed by atoms with Crippen LogP contribution in [0.1, 0.15) is 11.1 Å². The number of aryl methyl sites for hydroxylation is 2. The number of nitrogens with zero attached hydrogens (tertiary/aromatic N) is 3. The number of piperazine rings is 1. The smallest absolute Gasteiger partial charge is 0.269 e. The molecule has 26 heavy (non-hydrogen) atoms. The van der Waals surface area contributed by atoms with Gasteiger partial charge in [-0.1, -0.05) is 6.07 Å². The maximum atomic E-state index is 10.8. The Morgan fingerprint density at radius 3 is 2.15 bits per heavy atom. The average molecular weight is 370 g/mol. The number of hydrogen-bond donors (Lipinski definition) is 1. The molecule has 0 spiro atoms. The molecule has 1 aliphatic heterocycles. The zero-order chi connectivity index (χ0) is 18.7. The number of anilines is 2. The number of nitro groups is 1. The van der Waals surface area contributed by atoms with Crippen LogP contribution in [-0.2, 0) is 0 Å². The molecule has 0 aromatic heterocycles. The van der Waals surface area contributed by atoms with E-state index in [4.69, 9.17) is 12.2 Å². The molecule has 1 saturated heterocycles. The maximum absolute atomic E-state index is 10.8. The van der Waals surface area contributed by atoms with Crippen molar-refractivity contribution >= 4 is 34.4 Å². The molecule has 3 rings (SSSR count). The summed E-state index contributed by atoms with van der Waals surface area (Å²) in [5, 5.41) is 14.8. The zero-order valence-corrected chi connectivity index (χ0v) is 15.8. The van der Waals surface area contributed by atoms with Crippen molar-refractivity contribution in [3.63, 3.8) is 0 Å². The molecule has 0 radical (unpaired) electrons. The van der Waals surface area contributed by atoms with Crippen LogP contribution in [0.25, 0.3) is 0 Å². The van der Waals surface area contributed by atoms with E-state index in [1.807, 2.05) is 0 Å². The molecular weight excluding hydrogens is 348 g/mol. The fraction of sp³-hybridized carbons (Fsp3) is 0.316. The average Bonchev–Trinajstić information content (AvgIpc) is 2.61. The van der Waals surface area contributed by atoms with Crippen LogP contribution >= 0.6 is 12.2 Å². The highest BCUT2D eigenvalue weighted by Gasteiger charge is 2.20. The van der Waals surface area contributed by atoms with Crippen molar-refractivity contribution in [2.45, 2.75) is 13.8 Å². The quantitative estimate of drug-likeness (QED) is 0.505. The third kappa shape index (κ3) is 4.29. The Labute approximate surface area is 158 Å². The minimum absolute atomic E-state index is 0.117. The van der Waals surface area contributed by atoms with Crippen molar-refractivity contribution in [1.29, 1.82) is 0 Å². The van der Waals surface area contributed by atoms with Crippen molar-refractivity contribution < 1.29 is 4.92 Å². The summed E-state index contributed by atoms with van der Waals surface area (Å²) in [7, 11) is 0. The Hall–Kier alpha value is -2.67. The van der Waals surface area contributed by atoms with E-state index in [1.165, 1.54) is 11.1 Å². The molecule has 0 saturated carbocycles. The molecule has 1 fully saturated rings. The van der Waals surface area contributed by atoms with Crippen molar-refractivity contribution in [2.75, 3.05) is 36.4 Å². The van der Waals surface area contributed by atoms with Crippen molar-refractivity contribution in [2.24, 2.45) is 0 Å². The lowest BCUT2D eigenvalue weighted by molar-refractivity contribution is -0.384. The number of rotatable bonds is 3. The first-order valence-electron chi connectivity index (χ1n) is 8.56. The van der Waals surface area contributed by atoms with Crippen molar-refractivity contribution in [1.82, 2.24) is 4.90 Å². The molecule has 1 N–H and O–H groups in total. The van der Waals surface area contributed by atoms with Crippen molar-refractivity contribution in [3.8, 4) is 0 Å². The van der Waals surface area contributed by atoms with Gasteiger partial charge >= 0.3 is 0 Å². The van der Waals surface area contributed by atoms with Gasteiger partial charge in [-0.05, 0) is 61.5 Å². The summed E-state index contributed by atoms with van der Waals surface area (Å²) in [5.41, 5.74) is 4.55. The summed E-state index contributed by atoms with van der Waals surface area (Å²) in [6.45, 7) is 7.43. The van der Waals surface area contributed by atoms with Gasteiger partial charge in [0.25, 0.3) is 5.69 Å². The third-order valence-corrected chi connectivity index (χ3v) is 4.83. The summed E-state index contributed by atoms with van der Waals surface area (Å²) < 4.78 is 0. The van der Waals surface area contributed by atoms with Gasteiger partial charge in [0.05, 0.1) is 4.92 Å². The molecule has 136 valence electrons. The fourth-order valence-corrected chi connectivity index (χ4v) is 3.50. The Balaban J connectivity index is 1.57. The van der Waals surface area contributed by atoms with Crippen LogP contribution in [-0.4, -0.2) is 41.1 Å². The van der Waals surface area contributed by atoms with Crippen LogP contribution in [0.15, 0.2) is 42.5 Å². The number of nitro benzene ring substituents is 1. The van der Waals surface area contributed by atoms with Gasteiger partial charge < -0.3 is 15.1 Å². The van der Waals surface area contributed by atoms with Gasteiger partial charge in [-0.15, -0.1) is 0 Å². The van der Waals surface area contributed by atoms with E-state index in [0.717, 1.165) is 42.7 Å². The van der Waals surface area contributed by atoms with E-state index in [0.29, 0.717) is 0 Å². The minimum Gasteiger partial charge on any atom is -0.368 e. The van der Waals surface area contributed by atoms with Gasteiger partial charge in [0, 0.05) is 49.7 Å². The molecule has 0 bridgehead atoms. The number of benzene rings is 2. The van der Waals surface area contributed by atoms with Crippen LogP contribution in [0, 0.1) is 24.0 Å². The number of non-ortho nitro benzene ring substituents is 1. The van der Waals surface area contributed by atoms with Gasteiger partial charge in [0.1, 0.15) is 0 Å². The molecule has 0 unspecified atom stereocenters. The van der Waals surface area contributed by atoms with Crippen LogP contribution in [0.5, 0.6) is 0 Å². The Bertz CT molecular complexity index is 795. The van der Waals surface area contributed by atoms with Gasteiger partial charge in [-0.3, -0.25) is 10.1 Å². The van der Waals surface area contributed by atoms with Crippen molar-refractivity contribution in [3.05, 3.63) is 63.7 Å². The first-order valence-corrected chi connectivity index (χ1v) is 8.97. The lowest BCUT2D eigenvalue weighted by Gasteiger charge is -2.37. The van der Waals surface area contributed by atoms with Gasteiger partial charge in [0.2, 0.25) is 0 Å². The van der Waals surface area contributed by atoms with Gasteiger partial charge in [0.15, 0.2) is 5.11 Å². The predicted octanol–water partition coefficient (Wildman–Crippen LogP) is 3.73. The minimum atomic E-state index is -0.376. The summed E-state index contributed by atoms with van der Waals surface area (Å²) in [6.07, 6.45) is 0. The van der Waals surface area contributed by atoms with Crippen LogP contribution in [0.3, 0.4) is 0 Å². The summed E-state index contributed by atoms with van der Waals surface area (Å²) in [4.78, 5) is 14.8. The molecule has 2 aromatic rings. The number of thiocarbonyl (C=S) groups is 1. The first-order chi connectivity index (χ1) is 12.4. The highest BCUT2D eigenvalue weighted by atomic mass is 32.1. The van der Waals surface area contributed by atoms with Crippen LogP contribution < -0.4 is 10.2 Å². The zero-order valence-electron chi connectivity index (χ0n) is 14.9. The lowest BCUT2D eigenvalue weighted by Crippen LogP contribution is -2.50. The lowest BCUT2D eigenvalue weighted by atomic mass is 10.1. The molecule has 6 nitrogen and oxygen atoms in total. The highest BCUT2D eigenvalue weighted by molar-refractivity contribution is 7.80. The van der Waals surface area contributed by atoms with Crippen LogP contribution in [0.4, 0.5) is 17.1 Å². The monoisotopic (exact) mass is 370 g/mol. The second kappa shape index (κ2) is 7.70. The topological polar surface area (TPSA) is 61.6 Å². The molecule has 1 heterocycles. The second-order valence-electron chi connectivity index (χ2n) is 6.55. The molecular formula is C19H22N4O2S. The Morgan fingerprint density at radius 2 is 1.62 bits per heavy atom.